The Hall–Kier alpha value is -4.21. The SMILES string of the molecule is COc1ccc(Oc2cc(CNc3ccc([N+](=O)[O-])cc3[N+](=O)[O-])ccn2)cc1. The summed E-state index contributed by atoms with van der Waals surface area (Å²) in [5, 5.41) is 25.0. The molecule has 10 nitrogen and oxygen atoms in total. The molecule has 0 aliphatic heterocycles. The molecule has 0 spiro atoms. The third-order valence-electron chi connectivity index (χ3n) is 3.95. The van der Waals surface area contributed by atoms with Gasteiger partial charge >= 0.3 is 0 Å². The molecule has 0 amide bonds. The lowest BCUT2D eigenvalue weighted by molar-refractivity contribution is -0.393. The lowest BCUT2D eigenvalue weighted by Crippen LogP contribution is -2.04. The largest absolute Gasteiger partial charge is 0.497 e. The summed E-state index contributed by atoms with van der Waals surface area (Å²) < 4.78 is 10.8. The predicted molar refractivity (Wildman–Crippen MR) is 104 cm³/mol. The number of methoxy groups -OCH3 is 1. The number of aromatic nitrogens is 1. The number of nitro groups is 2. The van der Waals surface area contributed by atoms with Crippen LogP contribution in [-0.2, 0) is 6.54 Å². The first-order valence-electron chi connectivity index (χ1n) is 8.40. The monoisotopic (exact) mass is 396 g/mol. The number of pyridine rings is 1. The molecule has 10 heteroatoms. The molecule has 3 aromatic rings. The summed E-state index contributed by atoms with van der Waals surface area (Å²) in [7, 11) is 1.57. The highest BCUT2D eigenvalue weighted by molar-refractivity contribution is 5.65. The topological polar surface area (TPSA) is 130 Å². The molecule has 0 unspecified atom stereocenters. The van der Waals surface area contributed by atoms with E-state index in [0.29, 0.717) is 17.4 Å². The first-order valence-corrected chi connectivity index (χ1v) is 8.40. The number of rotatable bonds is 8. The molecule has 0 fully saturated rings. The van der Waals surface area contributed by atoms with Crippen LogP contribution >= 0.6 is 0 Å². The van der Waals surface area contributed by atoms with Gasteiger partial charge in [0, 0.05) is 24.9 Å². The maximum atomic E-state index is 11.2. The van der Waals surface area contributed by atoms with Gasteiger partial charge in [0.2, 0.25) is 5.88 Å². The van der Waals surface area contributed by atoms with Crippen molar-refractivity contribution in [3.05, 3.63) is 86.6 Å². The number of benzene rings is 2. The van der Waals surface area contributed by atoms with E-state index in [1.165, 1.54) is 12.1 Å². The second-order valence-corrected chi connectivity index (χ2v) is 5.85. The second-order valence-electron chi connectivity index (χ2n) is 5.85. The Morgan fingerprint density at radius 2 is 1.69 bits per heavy atom. The zero-order valence-electron chi connectivity index (χ0n) is 15.3. The highest BCUT2D eigenvalue weighted by atomic mass is 16.6. The second kappa shape index (κ2) is 8.65. The van der Waals surface area contributed by atoms with Gasteiger partial charge < -0.3 is 14.8 Å². The molecule has 29 heavy (non-hydrogen) atoms. The van der Waals surface area contributed by atoms with Gasteiger partial charge in [-0.2, -0.15) is 0 Å². The fourth-order valence-corrected chi connectivity index (χ4v) is 2.51. The summed E-state index contributed by atoms with van der Waals surface area (Å²) in [5.74, 6) is 1.63. The highest BCUT2D eigenvalue weighted by Gasteiger charge is 2.19. The molecule has 3 rings (SSSR count). The Balaban J connectivity index is 1.72. The average molecular weight is 396 g/mol. The van der Waals surface area contributed by atoms with E-state index in [1.807, 2.05) is 0 Å². The van der Waals surface area contributed by atoms with E-state index in [0.717, 1.165) is 11.6 Å². The van der Waals surface area contributed by atoms with Crippen LogP contribution in [0.15, 0.2) is 60.8 Å². The summed E-state index contributed by atoms with van der Waals surface area (Å²) in [4.78, 5) is 24.8. The molecule has 0 atom stereocenters. The third-order valence-corrected chi connectivity index (χ3v) is 3.95. The van der Waals surface area contributed by atoms with E-state index >= 15 is 0 Å². The number of hydrogen-bond acceptors (Lipinski definition) is 8. The molecule has 1 aromatic heterocycles. The van der Waals surface area contributed by atoms with Crippen LogP contribution in [0, 0.1) is 20.2 Å². The number of non-ortho nitro benzene ring substituents is 1. The summed E-state index contributed by atoms with van der Waals surface area (Å²) in [6, 6.07) is 13.9. The van der Waals surface area contributed by atoms with Gasteiger partial charge in [-0.3, -0.25) is 20.2 Å². The summed E-state index contributed by atoms with van der Waals surface area (Å²) in [6.07, 6.45) is 1.56. The molecule has 0 aliphatic carbocycles. The van der Waals surface area contributed by atoms with Crippen molar-refractivity contribution in [2.45, 2.75) is 6.54 Å². The van der Waals surface area contributed by atoms with Crippen molar-refractivity contribution in [3.63, 3.8) is 0 Å². The third kappa shape index (κ3) is 4.95. The van der Waals surface area contributed by atoms with Crippen LogP contribution in [-0.4, -0.2) is 21.9 Å². The minimum Gasteiger partial charge on any atom is -0.497 e. The Labute approximate surface area is 165 Å². The van der Waals surface area contributed by atoms with Crippen LogP contribution in [0.4, 0.5) is 17.1 Å². The van der Waals surface area contributed by atoms with Crippen LogP contribution in [0.3, 0.4) is 0 Å². The van der Waals surface area contributed by atoms with Crippen molar-refractivity contribution in [1.29, 1.82) is 0 Å². The number of hydrogen-bond donors (Lipinski definition) is 1. The molecule has 2 aromatic carbocycles. The normalized spacial score (nSPS) is 10.2. The molecule has 148 valence electrons. The minimum absolute atomic E-state index is 0.176. The summed E-state index contributed by atoms with van der Waals surface area (Å²) in [6.45, 7) is 0.236. The first kappa shape index (κ1) is 19.5. The van der Waals surface area contributed by atoms with Gasteiger partial charge in [0.1, 0.15) is 17.2 Å². The Morgan fingerprint density at radius 1 is 0.966 bits per heavy atom. The van der Waals surface area contributed by atoms with Crippen molar-refractivity contribution < 1.29 is 19.3 Å². The quantitative estimate of drug-likeness (QED) is 0.440. The van der Waals surface area contributed by atoms with Gasteiger partial charge in [0.25, 0.3) is 11.4 Å². The smallest absolute Gasteiger partial charge is 0.299 e. The molecular formula is C19H16N4O6. The minimum atomic E-state index is -0.678. The molecule has 1 heterocycles. The summed E-state index contributed by atoms with van der Waals surface area (Å²) >= 11 is 0. The van der Waals surface area contributed by atoms with E-state index < -0.39 is 9.85 Å². The van der Waals surface area contributed by atoms with Crippen LogP contribution in [0.2, 0.25) is 0 Å². The lowest BCUT2D eigenvalue weighted by Gasteiger charge is -2.09. The predicted octanol–water partition coefficient (Wildman–Crippen LogP) is 4.31. The number of ether oxygens (including phenoxy) is 2. The molecule has 0 saturated heterocycles. The molecule has 0 aliphatic rings. The van der Waals surface area contributed by atoms with Crippen molar-refractivity contribution in [1.82, 2.24) is 4.98 Å². The maximum absolute atomic E-state index is 11.2. The number of nitrogens with one attached hydrogen (secondary N) is 1. The van der Waals surface area contributed by atoms with E-state index in [-0.39, 0.29) is 23.6 Å². The van der Waals surface area contributed by atoms with Crippen LogP contribution < -0.4 is 14.8 Å². The van der Waals surface area contributed by atoms with Crippen molar-refractivity contribution in [3.8, 4) is 17.4 Å². The van der Waals surface area contributed by atoms with E-state index in [1.54, 1.807) is 49.7 Å². The number of nitro benzene ring substituents is 2. The molecule has 1 N–H and O–H groups in total. The number of nitrogens with zero attached hydrogens (tertiary/aromatic N) is 3. The zero-order chi connectivity index (χ0) is 20.8. The standard InChI is InChI=1S/C19H16N4O6/c1-28-15-3-5-16(6-4-15)29-19-10-13(8-9-20-19)12-21-17-7-2-14(22(24)25)11-18(17)23(26)27/h2-11,21H,12H2,1H3. The molecule has 0 radical (unpaired) electrons. The van der Waals surface area contributed by atoms with Gasteiger partial charge in [-0.25, -0.2) is 4.98 Å². The lowest BCUT2D eigenvalue weighted by atomic mass is 10.2. The van der Waals surface area contributed by atoms with E-state index in [4.69, 9.17) is 9.47 Å². The van der Waals surface area contributed by atoms with Crippen LogP contribution in [0.5, 0.6) is 17.4 Å². The maximum Gasteiger partial charge on any atom is 0.299 e. The van der Waals surface area contributed by atoms with Crippen molar-refractivity contribution in [2.75, 3.05) is 12.4 Å². The van der Waals surface area contributed by atoms with Crippen LogP contribution in [0.1, 0.15) is 5.56 Å². The highest BCUT2D eigenvalue weighted by Crippen LogP contribution is 2.29. The molecular weight excluding hydrogens is 380 g/mol. The number of anilines is 1. The summed E-state index contributed by atoms with van der Waals surface area (Å²) in [5.41, 5.74) is 0.218. The average Bonchev–Trinajstić information content (AvgIpc) is 2.73. The first-order chi connectivity index (χ1) is 14.0. The van der Waals surface area contributed by atoms with Crippen LogP contribution in [0.25, 0.3) is 0 Å². The van der Waals surface area contributed by atoms with Crippen molar-refractivity contribution in [2.24, 2.45) is 0 Å². The van der Waals surface area contributed by atoms with E-state index in [2.05, 4.69) is 10.3 Å². The zero-order valence-corrected chi connectivity index (χ0v) is 15.3. The van der Waals surface area contributed by atoms with Gasteiger partial charge in [0.05, 0.1) is 23.0 Å². The Kier molecular flexibility index (Phi) is 5.83. The fourth-order valence-electron chi connectivity index (χ4n) is 2.51. The fraction of sp³-hybridized carbons (Fsp3) is 0.105. The Morgan fingerprint density at radius 3 is 2.34 bits per heavy atom. The Bertz CT molecular complexity index is 1040. The molecule has 0 saturated carbocycles. The van der Waals surface area contributed by atoms with Crippen molar-refractivity contribution >= 4 is 17.1 Å². The van der Waals surface area contributed by atoms with E-state index in [9.17, 15) is 20.2 Å². The van der Waals surface area contributed by atoms with Gasteiger partial charge in [-0.05, 0) is 42.0 Å². The molecule has 0 bridgehead atoms. The van der Waals surface area contributed by atoms with Gasteiger partial charge in [0.15, 0.2) is 0 Å². The van der Waals surface area contributed by atoms with Gasteiger partial charge in [-0.1, -0.05) is 0 Å². The van der Waals surface area contributed by atoms with Gasteiger partial charge in [-0.15, -0.1) is 0 Å².